The van der Waals surface area contributed by atoms with Crippen LogP contribution in [0.15, 0.2) is 0 Å². The summed E-state index contributed by atoms with van der Waals surface area (Å²) in [6.45, 7) is 14.2. The number of carbonyl (C=O) groups is 1. The predicted molar refractivity (Wildman–Crippen MR) is 84.2 cm³/mol. The summed E-state index contributed by atoms with van der Waals surface area (Å²) in [4.78, 5) is 13.8. The lowest BCUT2D eigenvalue weighted by Crippen LogP contribution is -2.34. The van der Waals surface area contributed by atoms with E-state index < -0.39 is 0 Å². The van der Waals surface area contributed by atoms with Crippen molar-refractivity contribution in [2.24, 2.45) is 10.8 Å². The summed E-state index contributed by atoms with van der Waals surface area (Å²) in [5.41, 5.74) is 0.639. The highest BCUT2D eigenvalue weighted by Gasteiger charge is 2.17. The van der Waals surface area contributed by atoms with Crippen molar-refractivity contribution in [2.45, 2.75) is 80.1 Å². The number of nitrogens with zero attached hydrogens (tertiary/aromatic N) is 1. The van der Waals surface area contributed by atoms with Crippen LogP contribution in [0.3, 0.4) is 0 Å². The average molecular weight is 269 g/mol. The van der Waals surface area contributed by atoms with Crippen LogP contribution in [0.2, 0.25) is 0 Å². The molecule has 0 radical (unpaired) electrons. The van der Waals surface area contributed by atoms with E-state index in [4.69, 9.17) is 0 Å². The molecule has 0 unspecified atom stereocenters. The molecule has 2 heteroatoms. The van der Waals surface area contributed by atoms with Gasteiger partial charge in [-0.15, -0.1) is 0 Å². The van der Waals surface area contributed by atoms with Gasteiger partial charge < -0.3 is 4.90 Å². The Labute approximate surface area is 120 Å². The normalized spacial score (nSPS) is 12.6. The van der Waals surface area contributed by atoms with E-state index in [1.165, 1.54) is 25.7 Å². The summed E-state index contributed by atoms with van der Waals surface area (Å²) >= 11 is 0. The molecule has 0 rings (SSSR count). The number of carbonyl (C=O) groups excluding carboxylic acids is 1. The second-order valence-electron chi connectivity index (χ2n) is 8.29. The molecule has 1 amide bonds. The van der Waals surface area contributed by atoms with Crippen molar-refractivity contribution in [1.82, 2.24) is 4.90 Å². The highest BCUT2D eigenvalue weighted by molar-refractivity contribution is 5.75. The Kier molecular flexibility index (Phi) is 7.69. The molecule has 0 saturated carbocycles. The summed E-state index contributed by atoms with van der Waals surface area (Å²) in [5.74, 6) is 0.297. The second kappa shape index (κ2) is 7.91. The third-order valence-electron chi connectivity index (χ3n) is 3.20. The largest absolute Gasteiger partial charge is 0.345 e. The summed E-state index contributed by atoms with van der Waals surface area (Å²) in [5, 5.41) is 0. The zero-order valence-electron chi connectivity index (χ0n) is 14.3. The van der Waals surface area contributed by atoms with Crippen molar-refractivity contribution in [1.29, 1.82) is 0 Å². The lowest BCUT2D eigenvalue weighted by atomic mass is 9.89. The van der Waals surface area contributed by atoms with E-state index in [1.807, 2.05) is 11.9 Å². The minimum Gasteiger partial charge on any atom is -0.345 e. The van der Waals surface area contributed by atoms with Crippen LogP contribution in [0, 0.1) is 10.8 Å². The van der Waals surface area contributed by atoms with E-state index in [2.05, 4.69) is 41.5 Å². The molecular weight excluding hydrogens is 234 g/mol. The van der Waals surface area contributed by atoms with Crippen LogP contribution in [0.4, 0.5) is 0 Å². The van der Waals surface area contributed by atoms with Crippen molar-refractivity contribution in [3.63, 3.8) is 0 Å². The number of unbranched alkanes of at least 4 members (excludes halogenated alkanes) is 3. The van der Waals surface area contributed by atoms with E-state index in [0.29, 0.717) is 17.7 Å². The van der Waals surface area contributed by atoms with Crippen molar-refractivity contribution < 1.29 is 4.79 Å². The van der Waals surface area contributed by atoms with Crippen LogP contribution in [0.1, 0.15) is 80.1 Å². The van der Waals surface area contributed by atoms with Crippen LogP contribution in [-0.2, 0) is 4.79 Å². The molecule has 2 nitrogen and oxygen atoms in total. The van der Waals surface area contributed by atoms with Gasteiger partial charge in [0.2, 0.25) is 5.91 Å². The van der Waals surface area contributed by atoms with Gasteiger partial charge in [-0.1, -0.05) is 60.8 Å². The van der Waals surface area contributed by atoms with E-state index in [9.17, 15) is 4.79 Å². The fourth-order valence-electron chi connectivity index (χ4n) is 2.28. The molecule has 114 valence electrons. The Morgan fingerprint density at radius 1 is 0.842 bits per heavy atom. The highest BCUT2D eigenvalue weighted by atomic mass is 16.2. The quantitative estimate of drug-likeness (QED) is 0.603. The van der Waals surface area contributed by atoms with E-state index >= 15 is 0 Å². The minimum absolute atomic E-state index is 0.192. The number of rotatable bonds is 7. The summed E-state index contributed by atoms with van der Waals surface area (Å²) in [6, 6.07) is 0. The maximum Gasteiger partial charge on any atom is 0.222 e. The van der Waals surface area contributed by atoms with Gasteiger partial charge in [0.05, 0.1) is 0 Å². The van der Waals surface area contributed by atoms with Crippen molar-refractivity contribution in [2.75, 3.05) is 13.6 Å². The molecular formula is C17H35NO. The van der Waals surface area contributed by atoms with Gasteiger partial charge in [0.25, 0.3) is 0 Å². The lowest BCUT2D eigenvalue weighted by molar-refractivity contribution is -0.131. The summed E-state index contributed by atoms with van der Waals surface area (Å²) in [7, 11) is 1.92. The van der Waals surface area contributed by atoms with Gasteiger partial charge in [-0.3, -0.25) is 4.79 Å². The zero-order valence-corrected chi connectivity index (χ0v) is 14.3. The third-order valence-corrected chi connectivity index (χ3v) is 3.20. The Bertz CT molecular complexity index is 257. The third kappa shape index (κ3) is 12.3. The van der Waals surface area contributed by atoms with E-state index in [1.54, 1.807) is 0 Å². The summed E-state index contributed by atoms with van der Waals surface area (Å²) in [6.07, 6.45) is 6.76. The van der Waals surface area contributed by atoms with Gasteiger partial charge in [-0.05, 0) is 23.7 Å². The fraction of sp³-hybridized carbons (Fsp3) is 0.941. The molecule has 0 spiro atoms. The minimum atomic E-state index is 0.192. The monoisotopic (exact) mass is 269 g/mol. The number of hydrogen-bond acceptors (Lipinski definition) is 1. The van der Waals surface area contributed by atoms with Gasteiger partial charge in [0, 0.05) is 20.0 Å². The number of hydrogen-bond donors (Lipinski definition) is 0. The van der Waals surface area contributed by atoms with Gasteiger partial charge in [0.15, 0.2) is 0 Å². The molecule has 0 aliphatic heterocycles. The van der Waals surface area contributed by atoms with E-state index in [-0.39, 0.29) is 5.41 Å². The molecule has 0 aromatic heterocycles. The van der Waals surface area contributed by atoms with Crippen LogP contribution < -0.4 is 0 Å². The standard InChI is InChI=1S/C17H35NO/c1-16(2,3)13-11-9-8-10-12-15(19)18(7)14-17(4,5)6/h8-14H2,1-7H3. The van der Waals surface area contributed by atoms with Crippen LogP contribution >= 0.6 is 0 Å². The van der Waals surface area contributed by atoms with Crippen LogP contribution in [0.25, 0.3) is 0 Å². The molecule has 0 fully saturated rings. The first kappa shape index (κ1) is 18.5. The molecule has 0 atom stereocenters. The summed E-state index contributed by atoms with van der Waals surface area (Å²) < 4.78 is 0. The molecule has 0 N–H and O–H groups in total. The zero-order chi connectivity index (χ0) is 15.1. The Hall–Kier alpha value is -0.530. The second-order valence-corrected chi connectivity index (χ2v) is 8.29. The van der Waals surface area contributed by atoms with Gasteiger partial charge in [0.1, 0.15) is 0 Å². The molecule has 0 saturated heterocycles. The van der Waals surface area contributed by atoms with Gasteiger partial charge in [-0.25, -0.2) is 0 Å². The smallest absolute Gasteiger partial charge is 0.222 e. The molecule has 0 bridgehead atoms. The maximum atomic E-state index is 11.9. The first-order valence-corrected chi connectivity index (χ1v) is 7.75. The van der Waals surface area contributed by atoms with Crippen molar-refractivity contribution in [3.8, 4) is 0 Å². The molecule has 0 aliphatic carbocycles. The van der Waals surface area contributed by atoms with Crippen LogP contribution in [-0.4, -0.2) is 24.4 Å². The Morgan fingerprint density at radius 2 is 1.37 bits per heavy atom. The molecule has 0 heterocycles. The topological polar surface area (TPSA) is 20.3 Å². The fourth-order valence-corrected chi connectivity index (χ4v) is 2.28. The van der Waals surface area contributed by atoms with Gasteiger partial charge in [-0.2, -0.15) is 0 Å². The van der Waals surface area contributed by atoms with Crippen LogP contribution in [0.5, 0.6) is 0 Å². The maximum absolute atomic E-state index is 11.9. The first-order chi connectivity index (χ1) is 8.51. The molecule has 19 heavy (non-hydrogen) atoms. The molecule has 0 aromatic rings. The molecule has 0 aromatic carbocycles. The lowest BCUT2D eigenvalue weighted by Gasteiger charge is -2.26. The average Bonchev–Trinajstić information content (AvgIpc) is 2.18. The first-order valence-electron chi connectivity index (χ1n) is 7.75. The van der Waals surface area contributed by atoms with E-state index in [0.717, 1.165) is 13.0 Å². The van der Waals surface area contributed by atoms with Crippen molar-refractivity contribution >= 4 is 5.91 Å². The highest BCUT2D eigenvalue weighted by Crippen LogP contribution is 2.22. The Balaban J connectivity index is 3.64. The Morgan fingerprint density at radius 3 is 1.84 bits per heavy atom. The van der Waals surface area contributed by atoms with Gasteiger partial charge >= 0.3 is 0 Å². The van der Waals surface area contributed by atoms with Crippen molar-refractivity contribution in [3.05, 3.63) is 0 Å². The number of amides is 1. The SMILES string of the molecule is CN(CC(C)(C)C)C(=O)CCCCCCC(C)(C)C. The molecule has 0 aliphatic rings. The predicted octanol–water partition coefficient (Wildman–Crippen LogP) is 4.88.